The SMILES string of the molecule is O=C(O)CC=Cc1cc(Br)cc(C(=O)O)c1. The third-order valence-electron chi connectivity index (χ3n) is 1.77. The lowest BCUT2D eigenvalue weighted by atomic mass is 10.1. The zero-order valence-electron chi connectivity index (χ0n) is 8.18. The Morgan fingerprint density at radius 3 is 2.50 bits per heavy atom. The highest BCUT2D eigenvalue weighted by Crippen LogP contribution is 2.17. The van der Waals surface area contributed by atoms with Crippen molar-refractivity contribution < 1.29 is 19.8 Å². The molecule has 0 amide bonds. The van der Waals surface area contributed by atoms with Gasteiger partial charge in [-0.3, -0.25) is 4.79 Å². The monoisotopic (exact) mass is 284 g/mol. The molecule has 1 rings (SSSR count). The van der Waals surface area contributed by atoms with Crippen LogP contribution >= 0.6 is 15.9 Å². The standard InChI is InChI=1S/C11H9BrO4/c12-9-5-7(2-1-3-10(13)14)4-8(6-9)11(15)16/h1-2,4-6H,3H2,(H,13,14)(H,15,16). The smallest absolute Gasteiger partial charge is 0.335 e. The molecular weight excluding hydrogens is 276 g/mol. The minimum Gasteiger partial charge on any atom is -0.481 e. The number of hydrogen-bond donors (Lipinski definition) is 2. The summed E-state index contributed by atoms with van der Waals surface area (Å²) in [6.45, 7) is 0. The molecule has 0 saturated heterocycles. The average molecular weight is 285 g/mol. The van der Waals surface area contributed by atoms with Gasteiger partial charge in [-0.15, -0.1) is 0 Å². The van der Waals surface area contributed by atoms with Gasteiger partial charge < -0.3 is 10.2 Å². The molecule has 0 bridgehead atoms. The second-order valence-electron chi connectivity index (χ2n) is 3.08. The molecule has 0 radical (unpaired) electrons. The summed E-state index contributed by atoms with van der Waals surface area (Å²) in [6, 6.07) is 4.67. The number of rotatable bonds is 4. The van der Waals surface area contributed by atoms with Gasteiger partial charge in [-0.05, 0) is 23.8 Å². The van der Waals surface area contributed by atoms with E-state index in [1.54, 1.807) is 12.1 Å². The fourth-order valence-electron chi connectivity index (χ4n) is 1.13. The van der Waals surface area contributed by atoms with Crippen LogP contribution in [0.4, 0.5) is 0 Å². The molecule has 4 nitrogen and oxygen atoms in total. The Morgan fingerprint density at radius 2 is 1.94 bits per heavy atom. The van der Waals surface area contributed by atoms with E-state index in [0.29, 0.717) is 10.0 Å². The third-order valence-corrected chi connectivity index (χ3v) is 2.23. The van der Waals surface area contributed by atoms with Crippen LogP contribution in [-0.2, 0) is 4.79 Å². The van der Waals surface area contributed by atoms with E-state index in [1.165, 1.54) is 18.2 Å². The lowest BCUT2D eigenvalue weighted by Crippen LogP contribution is -1.96. The minimum absolute atomic E-state index is 0.0884. The normalized spacial score (nSPS) is 10.6. The first-order valence-electron chi connectivity index (χ1n) is 4.41. The quantitative estimate of drug-likeness (QED) is 0.891. The molecule has 0 atom stereocenters. The van der Waals surface area contributed by atoms with Gasteiger partial charge >= 0.3 is 11.9 Å². The van der Waals surface area contributed by atoms with Gasteiger partial charge in [-0.2, -0.15) is 0 Å². The lowest BCUT2D eigenvalue weighted by molar-refractivity contribution is -0.135. The van der Waals surface area contributed by atoms with E-state index in [0.717, 1.165) is 0 Å². The molecule has 84 valence electrons. The van der Waals surface area contributed by atoms with Crippen LogP contribution in [0, 0.1) is 0 Å². The zero-order chi connectivity index (χ0) is 12.1. The van der Waals surface area contributed by atoms with E-state index in [1.807, 2.05) is 0 Å². The van der Waals surface area contributed by atoms with Gasteiger partial charge in [0.25, 0.3) is 0 Å². The van der Waals surface area contributed by atoms with Crippen molar-refractivity contribution in [3.05, 3.63) is 39.9 Å². The first-order chi connectivity index (χ1) is 7.49. The van der Waals surface area contributed by atoms with Crippen molar-refractivity contribution >= 4 is 33.9 Å². The molecule has 1 aromatic rings. The van der Waals surface area contributed by atoms with Gasteiger partial charge in [0.1, 0.15) is 0 Å². The van der Waals surface area contributed by atoms with Crippen molar-refractivity contribution in [2.75, 3.05) is 0 Å². The van der Waals surface area contributed by atoms with Crippen molar-refractivity contribution in [1.82, 2.24) is 0 Å². The summed E-state index contributed by atoms with van der Waals surface area (Å²) in [4.78, 5) is 21.0. The molecule has 2 N–H and O–H groups in total. The fraction of sp³-hybridized carbons (Fsp3) is 0.0909. The highest BCUT2D eigenvalue weighted by atomic mass is 79.9. The Labute approximate surface area is 100 Å². The van der Waals surface area contributed by atoms with Gasteiger partial charge in [0, 0.05) is 4.47 Å². The van der Waals surface area contributed by atoms with Gasteiger partial charge in [-0.25, -0.2) is 4.79 Å². The van der Waals surface area contributed by atoms with E-state index in [9.17, 15) is 9.59 Å². The fourth-order valence-corrected chi connectivity index (χ4v) is 1.64. The second-order valence-corrected chi connectivity index (χ2v) is 3.99. The summed E-state index contributed by atoms with van der Waals surface area (Å²) in [6.07, 6.45) is 2.95. The van der Waals surface area contributed by atoms with Crippen molar-refractivity contribution in [2.45, 2.75) is 6.42 Å². The molecule has 0 spiro atoms. The molecule has 0 heterocycles. The summed E-state index contributed by atoms with van der Waals surface area (Å²) in [7, 11) is 0. The molecule has 0 saturated carbocycles. The number of benzene rings is 1. The second kappa shape index (κ2) is 5.46. The van der Waals surface area contributed by atoms with E-state index >= 15 is 0 Å². The Bertz CT molecular complexity index is 451. The predicted octanol–water partition coefficient (Wildman–Crippen LogP) is 2.64. The Kier molecular flexibility index (Phi) is 4.25. The van der Waals surface area contributed by atoms with E-state index in [4.69, 9.17) is 10.2 Å². The lowest BCUT2D eigenvalue weighted by Gasteiger charge is -1.99. The zero-order valence-corrected chi connectivity index (χ0v) is 9.77. The first-order valence-corrected chi connectivity index (χ1v) is 5.20. The van der Waals surface area contributed by atoms with Gasteiger partial charge in [0.05, 0.1) is 12.0 Å². The molecule has 0 fully saturated rings. The van der Waals surface area contributed by atoms with Crippen LogP contribution < -0.4 is 0 Å². The Balaban J connectivity index is 2.92. The highest BCUT2D eigenvalue weighted by molar-refractivity contribution is 9.10. The maximum absolute atomic E-state index is 10.7. The number of aliphatic carboxylic acids is 1. The number of carbonyl (C=O) groups is 2. The van der Waals surface area contributed by atoms with Crippen LogP contribution in [0.5, 0.6) is 0 Å². The number of halogens is 1. The largest absolute Gasteiger partial charge is 0.481 e. The summed E-state index contributed by atoms with van der Waals surface area (Å²) in [5.74, 6) is -1.95. The highest BCUT2D eigenvalue weighted by Gasteiger charge is 2.04. The van der Waals surface area contributed by atoms with Crippen LogP contribution in [-0.4, -0.2) is 22.2 Å². The summed E-state index contributed by atoms with van der Waals surface area (Å²) in [5.41, 5.74) is 0.803. The summed E-state index contributed by atoms with van der Waals surface area (Å²) < 4.78 is 0.641. The van der Waals surface area contributed by atoms with Crippen molar-refractivity contribution in [2.24, 2.45) is 0 Å². The molecule has 0 aromatic heterocycles. The molecule has 0 aliphatic heterocycles. The average Bonchev–Trinajstić information content (AvgIpc) is 2.16. The molecular formula is C11H9BrO4. The van der Waals surface area contributed by atoms with Gasteiger partial charge in [0.2, 0.25) is 0 Å². The number of carboxylic acid groups (broad SMARTS) is 2. The molecule has 0 aliphatic carbocycles. The molecule has 0 unspecified atom stereocenters. The predicted molar refractivity (Wildman–Crippen MR) is 62.4 cm³/mol. The molecule has 16 heavy (non-hydrogen) atoms. The van der Waals surface area contributed by atoms with Crippen LogP contribution in [0.2, 0.25) is 0 Å². The minimum atomic E-state index is -1.02. The maximum atomic E-state index is 10.7. The summed E-state index contributed by atoms with van der Waals surface area (Å²) in [5, 5.41) is 17.2. The van der Waals surface area contributed by atoms with Crippen LogP contribution in [0.25, 0.3) is 6.08 Å². The van der Waals surface area contributed by atoms with Crippen molar-refractivity contribution in [3.8, 4) is 0 Å². The van der Waals surface area contributed by atoms with Crippen LogP contribution in [0.1, 0.15) is 22.3 Å². The topological polar surface area (TPSA) is 74.6 Å². The van der Waals surface area contributed by atoms with Gasteiger partial charge in [0.15, 0.2) is 0 Å². The van der Waals surface area contributed by atoms with Crippen molar-refractivity contribution in [3.63, 3.8) is 0 Å². The Hall–Kier alpha value is -1.62. The van der Waals surface area contributed by atoms with Crippen LogP contribution in [0.15, 0.2) is 28.7 Å². The number of aromatic carboxylic acids is 1. The molecule has 5 heteroatoms. The van der Waals surface area contributed by atoms with E-state index in [-0.39, 0.29) is 12.0 Å². The van der Waals surface area contributed by atoms with Gasteiger partial charge in [-0.1, -0.05) is 28.1 Å². The Morgan fingerprint density at radius 1 is 1.25 bits per heavy atom. The third kappa shape index (κ3) is 3.86. The molecule has 0 aliphatic rings. The van der Waals surface area contributed by atoms with E-state index < -0.39 is 11.9 Å². The number of carboxylic acids is 2. The number of hydrogen-bond acceptors (Lipinski definition) is 2. The van der Waals surface area contributed by atoms with E-state index in [2.05, 4.69) is 15.9 Å². The van der Waals surface area contributed by atoms with Crippen LogP contribution in [0.3, 0.4) is 0 Å². The maximum Gasteiger partial charge on any atom is 0.335 e. The summed E-state index contributed by atoms with van der Waals surface area (Å²) >= 11 is 3.19. The first kappa shape index (κ1) is 12.4. The molecule has 1 aromatic carbocycles. The van der Waals surface area contributed by atoms with Crippen molar-refractivity contribution in [1.29, 1.82) is 0 Å².